The van der Waals surface area contributed by atoms with Gasteiger partial charge in [-0.05, 0) is 54.4 Å². The largest absolute Gasteiger partial charge is 0.496 e. The zero-order valence-corrected chi connectivity index (χ0v) is 21.1. The van der Waals surface area contributed by atoms with E-state index in [1.54, 1.807) is 21.3 Å². The molecule has 2 aromatic heterocycles. The van der Waals surface area contributed by atoms with Gasteiger partial charge in [0, 0.05) is 22.2 Å². The molecule has 1 N–H and O–H groups in total. The number of methoxy groups -OCH3 is 3. The van der Waals surface area contributed by atoms with Crippen LogP contribution in [0, 0.1) is 6.92 Å². The fourth-order valence-electron chi connectivity index (χ4n) is 5.87. The summed E-state index contributed by atoms with van der Waals surface area (Å²) in [7, 11) is 4.90. The van der Waals surface area contributed by atoms with Crippen LogP contribution in [0.4, 0.5) is 0 Å². The van der Waals surface area contributed by atoms with Crippen molar-refractivity contribution in [1.29, 1.82) is 0 Å². The molecule has 0 saturated heterocycles. The second-order valence-corrected chi connectivity index (χ2v) is 10.1. The van der Waals surface area contributed by atoms with Gasteiger partial charge >= 0.3 is 0 Å². The maximum atomic E-state index is 6.13. The van der Waals surface area contributed by atoms with Crippen molar-refractivity contribution in [2.75, 3.05) is 21.3 Å². The topological polar surface area (TPSA) is 69.5 Å². The zero-order chi connectivity index (χ0) is 24.5. The van der Waals surface area contributed by atoms with Crippen molar-refractivity contribution < 1.29 is 18.6 Å². The van der Waals surface area contributed by atoms with Crippen LogP contribution in [0.15, 0.2) is 34.9 Å². The summed E-state index contributed by atoms with van der Waals surface area (Å²) in [5, 5.41) is 3.38. The number of aromatic amines is 1. The number of fused-ring (bicyclic) bond motifs is 8. The van der Waals surface area contributed by atoms with Crippen LogP contribution < -0.4 is 14.2 Å². The van der Waals surface area contributed by atoms with E-state index in [0.717, 1.165) is 57.2 Å². The molecule has 1 aliphatic carbocycles. The van der Waals surface area contributed by atoms with Gasteiger partial charge in [-0.1, -0.05) is 26.0 Å². The number of ether oxygens (including phenoxy) is 3. The molecule has 35 heavy (non-hydrogen) atoms. The molecule has 2 heterocycles. The molecular formula is C29H30N2O4. The molecule has 0 unspecified atom stereocenters. The average molecular weight is 471 g/mol. The van der Waals surface area contributed by atoms with Crippen LogP contribution in [0.1, 0.15) is 43.4 Å². The van der Waals surface area contributed by atoms with Crippen LogP contribution >= 0.6 is 0 Å². The number of imidazole rings is 1. The molecule has 6 nitrogen and oxygen atoms in total. The van der Waals surface area contributed by atoms with E-state index in [-0.39, 0.29) is 5.41 Å². The normalized spacial score (nSPS) is 15.0. The van der Waals surface area contributed by atoms with E-state index in [2.05, 4.69) is 37.9 Å². The molecule has 6 heteroatoms. The maximum absolute atomic E-state index is 6.13. The average Bonchev–Trinajstić information content (AvgIpc) is 3.46. The lowest BCUT2D eigenvalue weighted by molar-refractivity contribution is 0.349. The Morgan fingerprint density at radius 1 is 0.971 bits per heavy atom. The molecule has 0 atom stereocenters. The molecule has 0 saturated carbocycles. The first-order valence-corrected chi connectivity index (χ1v) is 12.0. The van der Waals surface area contributed by atoms with Gasteiger partial charge in [-0.3, -0.25) is 0 Å². The lowest BCUT2D eigenvalue weighted by atomic mass is 9.71. The predicted molar refractivity (Wildman–Crippen MR) is 139 cm³/mol. The first-order chi connectivity index (χ1) is 16.9. The monoisotopic (exact) mass is 470 g/mol. The Morgan fingerprint density at radius 3 is 2.46 bits per heavy atom. The molecule has 3 aromatic carbocycles. The Morgan fingerprint density at radius 2 is 1.71 bits per heavy atom. The highest BCUT2D eigenvalue weighted by atomic mass is 16.5. The number of aromatic nitrogens is 2. The van der Waals surface area contributed by atoms with Gasteiger partial charge in [0.15, 0.2) is 11.5 Å². The van der Waals surface area contributed by atoms with Crippen molar-refractivity contribution in [2.24, 2.45) is 0 Å². The number of furan rings is 1. The molecule has 0 amide bonds. The highest BCUT2D eigenvalue weighted by molar-refractivity contribution is 6.24. The third-order valence-electron chi connectivity index (χ3n) is 7.64. The summed E-state index contributed by atoms with van der Waals surface area (Å²) >= 11 is 0. The third-order valence-corrected chi connectivity index (χ3v) is 7.64. The van der Waals surface area contributed by atoms with Crippen molar-refractivity contribution >= 4 is 32.8 Å². The summed E-state index contributed by atoms with van der Waals surface area (Å²) < 4.78 is 22.9. The number of H-pyrrole nitrogens is 1. The summed E-state index contributed by atoms with van der Waals surface area (Å²) in [6.07, 6.45) is 5.23. The highest BCUT2D eigenvalue weighted by Gasteiger charge is 2.31. The molecule has 5 aromatic rings. The van der Waals surface area contributed by atoms with Crippen molar-refractivity contribution in [3.8, 4) is 28.6 Å². The molecule has 180 valence electrons. The molecule has 0 fully saturated rings. The van der Waals surface area contributed by atoms with Gasteiger partial charge in [-0.2, -0.15) is 0 Å². The maximum Gasteiger partial charge on any atom is 0.164 e. The van der Waals surface area contributed by atoms with Gasteiger partial charge in [0.25, 0.3) is 0 Å². The van der Waals surface area contributed by atoms with Gasteiger partial charge in [0.1, 0.15) is 17.2 Å². The van der Waals surface area contributed by atoms with Gasteiger partial charge in [-0.15, -0.1) is 0 Å². The second-order valence-electron chi connectivity index (χ2n) is 10.1. The Labute approximate surface area is 204 Å². The SMILES string of the molecule is COc1cc(OC)c(-c2nc3c([nH]2)c2c(C)coc2c2ccc4c(c23)CCCC4(C)C)cc1OC. The summed E-state index contributed by atoms with van der Waals surface area (Å²) in [5.74, 6) is 2.62. The summed E-state index contributed by atoms with van der Waals surface area (Å²) in [6.45, 7) is 6.76. The second kappa shape index (κ2) is 7.67. The first kappa shape index (κ1) is 21.8. The van der Waals surface area contributed by atoms with Crippen LogP contribution in [0.2, 0.25) is 0 Å². The van der Waals surface area contributed by atoms with Crippen molar-refractivity contribution in [3.63, 3.8) is 0 Å². The summed E-state index contributed by atoms with van der Waals surface area (Å²) in [5.41, 5.74) is 7.69. The summed E-state index contributed by atoms with van der Waals surface area (Å²) in [6, 6.07) is 8.26. The van der Waals surface area contributed by atoms with Crippen LogP contribution in [-0.2, 0) is 11.8 Å². The molecule has 0 bridgehead atoms. The van der Waals surface area contributed by atoms with E-state index in [1.165, 1.54) is 22.9 Å². The van der Waals surface area contributed by atoms with Gasteiger partial charge < -0.3 is 23.6 Å². The minimum absolute atomic E-state index is 0.133. The van der Waals surface area contributed by atoms with Crippen molar-refractivity contribution in [3.05, 3.63) is 47.2 Å². The Kier molecular flexibility index (Phi) is 4.78. The third kappa shape index (κ3) is 3.05. The Bertz CT molecular complexity index is 1620. The Hall–Kier alpha value is -3.67. The molecule has 0 aliphatic heterocycles. The molecule has 0 spiro atoms. The van der Waals surface area contributed by atoms with Crippen LogP contribution in [0.3, 0.4) is 0 Å². The molecule has 1 aliphatic rings. The number of benzene rings is 3. The van der Waals surface area contributed by atoms with Crippen LogP contribution in [-0.4, -0.2) is 31.3 Å². The smallest absolute Gasteiger partial charge is 0.164 e. The number of nitrogens with one attached hydrogen (secondary N) is 1. The number of nitrogens with zero attached hydrogens (tertiary/aromatic N) is 1. The number of rotatable bonds is 4. The fraction of sp³-hybridized carbons (Fsp3) is 0.345. The molecule has 0 radical (unpaired) electrons. The predicted octanol–water partition coefficient (Wildman–Crippen LogP) is 7.08. The first-order valence-electron chi connectivity index (χ1n) is 12.0. The number of aryl methyl sites for hydroxylation is 2. The lowest BCUT2D eigenvalue weighted by Crippen LogP contribution is -2.23. The van der Waals surface area contributed by atoms with E-state index in [9.17, 15) is 0 Å². The quantitative estimate of drug-likeness (QED) is 0.304. The fourth-order valence-corrected chi connectivity index (χ4v) is 5.87. The van der Waals surface area contributed by atoms with E-state index in [4.69, 9.17) is 23.6 Å². The minimum Gasteiger partial charge on any atom is -0.496 e. The molecular weight excluding hydrogens is 440 g/mol. The van der Waals surface area contributed by atoms with Gasteiger partial charge in [0.2, 0.25) is 0 Å². The minimum atomic E-state index is 0.133. The van der Waals surface area contributed by atoms with Gasteiger partial charge in [0.05, 0.1) is 44.2 Å². The number of hydrogen-bond acceptors (Lipinski definition) is 5. The van der Waals surface area contributed by atoms with Crippen LogP contribution in [0.25, 0.3) is 44.2 Å². The van der Waals surface area contributed by atoms with Crippen molar-refractivity contribution in [2.45, 2.75) is 45.4 Å². The molecule has 6 rings (SSSR count). The highest BCUT2D eigenvalue weighted by Crippen LogP contribution is 2.46. The van der Waals surface area contributed by atoms with E-state index in [0.29, 0.717) is 17.2 Å². The number of hydrogen-bond donors (Lipinski definition) is 1. The standard InChI is InChI=1S/C29H30N2O4/c1-15-14-35-27-17-9-10-19-16(8-7-11-29(19,2)3)24(17)26-25(23(15)27)30-28(31-26)18-12-21(33-5)22(34-6)13-20(18)32-4/h9-10,12-14H,7-8,11H2,1-6H3,(H,30,31). The van der Waals surface area contributed by atoms with E-state index in [1.807, 2.05) is 18.4 Å². The summed E-state index contributed by atoms with van der Waals surface area (Å²) in [4.78, 5) is 8.82. The Balaban J connectivity index is 1.74. The van der Waals surface area contributed by atoms with E-state index >= 15 is 0 Å². The van der Waals surface area contributed by atoms with Crippen LogP contribution in [0.5, 0.6) is 17.2 Å². The van der Waals surface area contributed by atoms with Gasteiger partial charge in [-0.25, -0.2) is 4.98 Å². The lowest BCUT2D eigenvalue weighted by Gasteiger charge is -2.33. The van der Waals surface area contributed by atoms with Crippen molar-refractivity contribution in [1.82, 2.24) is 9.97 Å². The zero-order valence-electron chi connectivity index (χ0n) is 21.1. The van der Waals surface area contributed by atoms with E-state index < -0.39 is 0 Å².